The molecule has 0 saturated carbocycles. The number of sulfone groups is 1. The first-order valence-corrected chi connectivity index (χ1v) is 12.5. The van der Waals surface area contributed by atoms with Gasteiger partial charge in [-0.1, -0.05) is 18.2 Å². The summed E-state index contributed by atoms with van der Waals surface area (Å²) in [5.74, 6) is -0.159. The third-order valence-electron chi connectivity index (χ3n) is 4.38. The molecule has 0 aliphatic carbocycles. The molecule has 1 N–H and O–H groups in total. The minimum atomic E-state index is -4.02. The monoisotopic (exact) mass is 469 g/mol. The van der Waals surface area contributed by atoms with Crippen LogP contribution in [0, 0.1) is 5.82 Å². The van der Waals surface area contributed by atoms with Crippen LogP contribution >= 0.6 is 11.3 Å². The van der Waals surface area contributed by atoms with Crippen LogP contribution in [0.25, 0.3) is 0 Å². The molecule has 11 heteroatoms. The number of nitrogens with one attached hydrogen (secondary N) is 1. The van der Waals surface area contributed by atoms with Gasteiger partial charge in [-0.2, -0.15) is 0 Å². The standard InChI is InChI=1S/C19H16FNO6S3/c20-15-6-13(19-14(7-15)10-26-12-27-19)9-21-30(24,25)18-8-17(11-28-18)29(22,23)16-4-2-1-3-5-16/h1-8,11,21H,9-10,12H2. The molecule has 1 aliphatic heterocycles. The van der Waals surface area contributed by atoms with E-state index in [0.29, 0.717) is 16.9 Å². The Hall–Kier alpha value is -2.31. The zero-order valence-electron chi connectivity index (χ0n) is 15.4. The number of hydrogen-bond donors (Lipinski definition) is 1. The number of thiophene rings is 1. The predicted molar refractivity (Wildman–Crippen MR) is 107 cm³/mol. The lowest BCUT2D eigenvalue weighted by Gasteiger charge is -2.21. The van der Waals surface area contributed by atoms with E-state index in [1.165, 1.54) is 29.6 Å². The summed E-state index contributed by atoms with van der Waals surface area (Å²) < 4.78 is 77.2. The number of benzene rings is 2. The molecule has 0 bridgehead atoms. The summed E-state index contributed by atoms with van der Waals surface area (Å²) in [5.41, 5.74) is 0.813. The largest absolute Gasteiger partial charge is 0.467 e. The van der Waals surface area contributed by atoms with Crippen molar-refractivity contribution in [3.05, 3.63) is 70.9 Å². The molecule has 2 heterocycles. The number of halogens is 1. The van der Waals surface area contributed by atoms with Crippen LogP contribution in [0.15, 0.2) is 67.9 Å². The van der Waals surface area contributed by atoms with Gasteiger partial charge < -0.3 is 9.47 Å². The average Bonchev–Trinajstić information content (AvgIpc) is 3.25. The maximum atomic E-state index is 13.8. The first-order chi connectivity index (χ1) is 14.3. The molecule has 0 atom stereocenters. The third kappa shape index (κ3) is 4.12. The molecule has 158 valence electrons. The zero-order chi connectivity index (χ0) is 21.4. The van der Waals surface area contributed by atoms with Crippen molar-refractivity contribution < 1.29 is 30.7 Å². The topological polar surface area (TPSA) is 98.8 Å². The van der Waals surface area contributed by atoms with Gasteiger partial charge in [0.25, 0.3) is 0 Å². The summed E-state index contributed by atoms with van der Waals surface area (Å²) in [6, 6.07) is 11.3. The SMILES string of the molecule is O=S(=O)(NCc1cc(F)cc2c1OCOC2)c1cc(S(=O)(=O)c2ccccc2)cs1. The second kappa shape index (κ2) is 8.08. The minimum absolute atomic E-state index is 0.00991. The number of hydrogen-bond acceptors (Lipinski definition) is 7. The molecular weight excluding hydrogens is 453 g/mol. The van der Waals surface area contributed by atoms with E-state index in [9.17, 15) is 21.2 Å². The Morgan fingerprint density at radius 2 is 1.80 bits per heavy atom. The molecule has 1 aliphatic rings. The van der Waals surface area contributed by atoms with Gasteiger partial charge in [-0.25, -0.2) is 25.9 Å². The second-order valence-electron chi connectivity index (χ2n) is 6.41. The first kappa shape index (κ1) is 20.9. The fraction of sp³-hybridized carbons (Fsp3) is 0.158. The van der Waals surface area contributed by atoms with Crippen LogP contribution in [-0.4, -0.2) is 23.6 Å². The van der Waals surface area contributed by atoms with Gasteiger partial charge >= 0.3 is 0 Å². The van der Waals surface area contributed by atoms with Crippen LogP contribution in [0.3, 0.4) is 0 Å². The highest BCUT2D eigenvalue weighted by molar-refractivity contribution is 7.92. The predicted octanol–water partition coefficient (Wildman–Crippen LogP) is 3.07. The van der Waals surface area contributed by atoms with Crippen LogP contribution in [0.2, 0.25) is 0 Å². The molecule has 4 rings (SSSR count). The third-order valence-corrected chi connectivity index (χ3v) is 9.12. The van der Waals surface area contributed by atoms with Crippen molar-refractivity contribution in [2.45, 2.75) is 27.2 Å². The van der Waals surface area contributed by atoms with Crippen molar-refractivity contribution in [1.29, 1.82) is 0 Å². The maximum absolute atomic E-state index is 13.8. The van der Waals surface area contributed by atoms with Crippen LogP contribution in [0.1, 0.15) is 11.1 Å². The second-order valence-corrected chi connectivity index (χ2v) is 11.3. The summed E-state index contributed by atoms with van der Waals surface area (Å²) in [5, 5.41) is 1.28. The van der Waals surface area contributed by atoms with Crippen molar-refractivity contribution >= 4 is 31.2 Å². The quantitative estimate of drug-likeness (QED) is 0.596. The highest BCUT2D eigenvalue weighted by Gasteiger charge is 2.25. The Morgan fingerprint density at radius 1 is 1.03 bits per heavy atom. The summed E-state index contributed by atoms with van der Waals surface area (Å²) in [6.07, 6.45) is 0. The maximum Gasteiger partial charge on any atom is 0.250 e. The van der Waals surface area contributed by atoms with E-state index in [4.69, 9.17) is 9.47 Å². The molecular formula is C19H16FNO6S3. The van der Waals surface area contributed by atoms with Gasteiger partial charge in [0.2, 0.25) is 19.9 Å². The van der Waals surface area contributed by atoms with Gasteiger partial charge in [0.15, 0.2) is 6.79 Å². The Morgan fingerprint density at radius 3 is 2.57 bits per heavy atom. The molecule has 30 heavy (non-hydrogen) atoms. The molecule has 0 radical (unpaired) electrons. The van der Waals surface area contributed by atoms with Gasteiger partial charge in [0.1, 0.15) is 15.8 Å². The van der Waals surface area contributed by atoms with E-state index in [1.54, 1.807) is 18.2 Å². The van der Waals surface area contributed by atoms with Crippen LogP contribution in [-0.2, 0) is 37.7 Å². The normalized spacial score (nSPS) is 14.2. The molecule has 3 aromatic rings. The summed E-state index contributed by atoms with van der Waals surface area (Å²) in [4.78, 5) is -0.0341. The molecule has 0 spiro atoms. The van der Waals surface area contributed by atoms with Gasteiger partial charge in [-0.3, -0.25) is 0 Å². The zero-order valence-corrected chi connectivity index (χ0v) is 17.8. The number of sulfonamides is 1. The fourth-order valence-corrected chi connectivity index (χ4v) is 6.90. The molecule has 0 unspecified atom stereocenters. The van der Waals surface area contributed by atoms with Crippen molar-refractivity contribution in [3.63, 3.8) is 0 Å². The van der Waals surface area contributed by atoms with Gasteiger partial charge in [-0.05, 0) is 30.3 Å². The van der Waals surface area contributed by atoms with Gasteiger partial charge in [0, 0.05) is 23.1 Å². The molecule has 0 fully saturated rings. The van der Waals surface area contributed by atoms with Gasteiger partial charge in [-0.15, -0.1) is 11.3 Å². The highest BCUT2D eigenvalue weighted by atomic mass is 32.2. The van der Waals surface area contributed by atoms with Crippen LogP contribution in [0.5, 0.6) is 5.75 Å². The Labute approximate surface area is 177 Å². The highest BCUT2D eigenvalue weighted by Crippen LogP contribution is 2.31. The van der Waals surface area contributed by atoms with E-state index in [2.05, 4.69) is 4.72 Å². The van der Waals surface area contributed by atoms with E-state index in [1.807, 2.05) is 0 Å². The molecule has 7 nitrogen and oxygen atoms in total. The summed E-state index contributed by atoms with van der Waals surface area (Å²) in [6.45, 7) is -0.0659. The van der Waals surface area contributed by atoms with E-state index < -0.39 is 25.7 Å². The Kier molecular flexibility index (Phi) is 5.64. The smallest absolute Gasteiger partial charge is 0.250 e. The van der Waals surface area contributed by atoms with E-state index in [-0.39, 0.29) is 33.9 Å². The lowest BCUT2D eigenvalue weighted by Crippen LogP contribution is -2.24. The van der Waals surface area contributed by atoms with Crippen molar-refractivity contribution in [1.82, 2.24) is 4.72 Å². The number of rotatable bonds is 6. The van der Waals surface area contributed by atoms with E-state index in [0.717, 1.165) is 17.4 Å². The lowest BCUT2D eigenvalue weighted by atomic mass is 10.1. The van der Waals surface area contributed by atoms with Crippen molar-refractivity contribution in [2.24, 2.45) is 0 Å². The van der Waals surface area contributed by atoms with Crippen LogP contribution in [0.4, 0.5) is 4.39 Å². The fourth-order valence-electron chi connectivity index (χ4n) is 2.95. The first-order valence-electron chi connectivity index (χ1n) is 8.67. The van der Waals surface area contributed by atoms with E-state index >= 15 is 0 Å². The molecule has 1 aromatic heterocycles. The Balaban J connectivity index is 1.57. The summed E-state index contributed by atoms with van der Waals surface area (Å²) >= 11 is 0.790. The van der Waals surface area contributed by atoms with Crippen molar-refractivity contribution in [2.75, 3.05) is 6.79 Å². The molecule has 2 aromatic carbocycles. The number of ether oxygens (including phenoxy) is 2. The molecule has 0 amide bonds. The molecule has 0 saturated heterocycles. The van der Waals surface area contributed by atoms with Crippen molar-refractivity contribution in [3.8, 4) is 5.75 Å². The van der Waals surface area contributed by atoms with Crippen LogP contribution < -0.4 is 9.46 Å². The Bertz CT molecular complexity index is 1290. The summed E-state index contributed by atoms with van der Waals surface area (Å²) in [7, 11) is -7.85. The van der Waals surface area contributed by atoms with Gasteiger partial charge in [0.05, 0.1) is 16.4 Å². The average molecular weight is 470 g/mol. The lowest BCUT2D eigenvalue weighted by molar-refractivity contribution is -0.0172. The number of fused-ring (bicyclic) bond motifs is 1. The minimum Gasteiger partial charge on any atom is -0.467 e.